The Balaban J connectivity index is 0.00000225. The summed E-state index contributed by atoms with van der Waals surface area (Å²) in [6.07, 6.45) is 2.29. The van der Waals surface area contributed by atoms with Gasteiger partial charge in [-0.05, 0) is 48.5 Å². The average molecular weight is 380 g/mol. The summed E-state index contributed by atoms with van der Waals surface area (Å²) >= 11 is 1.42. The Kier molecular flexibility index (Phi) is 7.43. The number of halogens is 1. The van der Waals surface area contributed by atoms with Crippen LogP contribution in [0.3, 0.4) is 0 Å². The minimum absolute atomic E-state index is 0. The van der Waals surface area contributed by atoms with Crippen LogP contribution in [0.1, 0.15) is 38.4 Å². The molecule has 1 aromatic heterocycles. The van der Waals surface area contributed by atoms with Gasteiger partial charge in [0.15, 0.2) is 0 Å². The molecule has 3 N–H and O–H groups in total. The zero-order valence-electron chi connectivity index (χ0n) is 13.8. The molecule has 2 amide bonds. The molecular weight excluding hydrogens is 358 g/mol. The highest BCUT2D eigenvalue weighted by molar-refractivity contribution is 7.12. The summed E-state index contributed by atoms with van der Waals surface area (Å²) in [5.41, 5.74) is 1.61. The summed E-state index contributed by atoms with van der Waals surface area (Å²) in [6.45, 7) is 2.15. The maximum atomic E-state index is 12.1. The van der Waals surface area contributed by atoms with Crippen LogP contribution in [0.15, 0.2) is 41.8 Å². The first kappa shape index (κ1) is 19.4. The van der Waals surface area contributed by atoms with E-state index in [4.69, 9.17) is 0 Å². The van der Waals surface area contributed by atoms with Gasteiger partial charge in [-0.15, -0.1) is 23.7 Å². The van der Waals surface area contributed by atoms with Crippen molar-refractivity contribution >= 4 is 35.6 Å². The van der Waals surface area contributed by atoms with Gasteiger partial charge in [0.1, 0.15) is 0 Å². The van der Waals surface area contributed by atoms with Crippen molar-refractivity contribution in [3.63, 3.8) is 0 Å². The van der Waals surface area contributed by atoms with Crippen LogP contribution in [0.25, 0.3) is 0 Å². The van der Waals surface area contributed by atoms with Crippen LogP contribution in [0, 0.1) is 0 Å². The highest BCUT2D eigenvalue weighted by Crippen LogP contribution is 2.09. The van der Waals surface area contributed by atoms with Crippen LogP contribution in [-0.4, -0.2) is 30.9 Å². The zero-order valence-corrected chi connectivity index (χ0v) is 15.4. The van der Waals surface area contributed by atoms with Gasteiger partial charge in [-0.2, -0.15) is 0 Å². The third-order valence-electron chi connectivity index (χ3n) is 4.09. The highest BCUT2D eigenvalue weighted by Gasteiger charge is 2.15. The molecule has 1 atom stereocenters. The first-order valence-corrected chi connectivity index (χ1v) is 9.02. The molecule has 0 aliphatic carbocycles. The highest BCUT2D eigenvalue weighted by atomic mass is 35.5. The smallest absolute Gasteiger partial charge is 0.261 e. The van der Waals surface area contributed by atoms with Crippen molar-refractivity contribution in [3.8, 4) is 0 Å². The molecule has 0 bridgehead atoms. The van der Waals surface area contributed by atoms with Crippen LogP contribution in [0.5, 0.6) is 0 Å². The maximum absolute atomic E-state index is 12.1. The van der Waals surface area contributed by atoms with E-state index in [9.17, 15) is 9.59 Å². The molecule has 1 saturated heterocycles. The van der Waals surface area contributed by atoms with Gasteiger partial charge in [-0.25, -0.2) is 0 Å². The predicted octanol–water partition coefficient (Wildman–Crippen LogP) is 2.58. The molecular formula is C18H22ClN3O2S. The number of carbonyl (C=O) groups excluding carboxylic acids is 2. The summed E-state index contributed by atoms with van der Waals surface area (Å²) in [5.74, 6) is -0.131. The maximum Gasteiger partial charge on any atom is 0.261 e. The second-order valence-corrected chi connectivity index (χ2v) is 6.81. The monoisotopic (exact) mass is 379 g/mol. The third-order valence-corrected chi connectivity index (χ3v) is 4.95. The van der Waals surface area contributed by atoms with E-state index in [1.807, 2.05) is 23.6 Å². The summed E-state index contributed by atoms with van der Waals surface area (Å²) < 4.78 is 0. The number of hydrogen-bond donors (Lipinski definition) is 3. The zero-order chi connectivity index (χ0) is 16.8. The standard InChI is InChI=1S/C18H21N3O2S.ClH/c22-17(21-12-15-3-1-9-19-15)14-7-5-13(6-8-14)11-20-18(23)16-4-2-10-24-16;/h2,4-8,10,15,19H,1,3,9,11-12H2,(H,20,23)(H,21,22);1H. The van der Waals surface area contributed by atoms with E-state index >= 15 is 0 Å². The lowest BCUT2D eigenvalue weighted by atomic mass is 10.1. The number of hydrogen-bond acceptors (Lipinski definition) is 4. The second-order valence-electron chi connectivity index (χ2n) is 5.86. The molecule has 1 aliphatic heterocycles. The molecule has 0 saturated carbocycles. The minimum atomic E-state index is -0.0733. The van der Waals surface area contributed by atoms with Gasteiger partial charge in [-0.1, -0.05) is 18.2 Å². The Morgan fingerprint density at radius 3 is 2.56 bits per heavy atom. The summed E-state index contributed by atoms with van der Waals surface area (Å²) in [5, 5.41) is 11.1. The third kappa shape index (κ3) is 5.56. The fourth-order valence-electron chi connectivity index (χ4n) is 2.70. The summed E-state index contributed by atoms with van der Waals surface area (Å²) in [4.78, 5) is 24.7. The first-order chi connectivity index (χ1) is 11.7. The number of benzene rings is 1. The Morgan fingerprint density at radius 2 is 1.92 bits per heavy atom. The quantitative estimate of drug-likeness (QED) is 0.722. The van der Waals surface area contributed by atoms with Crippen molar-refractivity contribution in [2.24, 2.45) is 0 Å². The van der Waals surface area contributed by atoms with Gasteiger partial charge in [-0.3, -0.25) is 9.59 Å². The molecule has 0 spiro atoms. The van der Waals surface area contributed by atoms with E-state index in [0.29, 0.717) is 29.6 Å². The van der Waals surface area contributed by atoms with E-state index in [1.54, 1.807) is 18.2 Å². The van der Waals surface area contributed by atoms with E-state index in [1.165, 1.54) is 17.8 Å². The molecule has 0 radical (unpaired) electrons. The van der Waals surface area contributed by atoms with Crippen molar-refractivity contribution in [2.75, 3.05) is 13.1 Å². The summed E-state index contributed by atoms with van der Waals surface area (Å²) in [7, 11) is 0. The molecule has 2 heterocycles. The number of carbonyl (C=O) groups is 2. The fourth-order valence-corrected chi connectivity index (χ4v) is 3.34. The molecule has 1 fully saturated rings. The molecule has 1 aliphatic rings. The first-order valence-electron chi connectivity index (χ1n) is 8.14. The summed E-state index contributed by atoms with van der Waals surface area (Å²) in [6, 6.07) is 11.4. The Morgan fingerprint density at radius 1 is 1.12 bits per heavy atom. The van der Waals surface area contributed by atoms with Crippen molar-refractivity contribution in [2.45, 2.75) is 25.4 Å². The molecule has 2 aromatic rings. The lowest BCUT2D eigenvalue weighted by molar-refractivity contribution is 0.0943. The number of rotatable bonds is 6. The van der Waals surface area contributed by atoms with Crippen molar-refractivity contribution in [3.05, 3.63) is 57.8 Å². The molecule has 1 unspecified atom stereocenters. The Labute approximate surface area is 157 Å². The van der Waals surface area contributed by atoms with E-state index in [0.717, 1.165) is 18.5 Å². The number of amides is 2. The van der Waals surface area contributed by atoms with Crippen LogP contribution < -0.4 is 16.0 Å². The lowest BCUT2D eigenvalue weighted by Crippen LogP contribution is -2.37. The van der Waals surface area contributed by atoms with Crippen LogP contribution >= 0.6 is 23.7 Å². The Hall–Kier alpha value is -1.89. The van der Waals surface area contributed by atoms with Crippen molar-refractivity contribution in [1.82, 2.24) is 16.0 Å². The van der Waals surface area contributed by atoms with Gasteiger partial charge in [0.2, 0.25) is 0 Å². The topological polar surface area (TPSA) is 70.2 Å². The molecule has 5 nitrogen and oxygen atoms in total. The number of nitrogens with one attached hydrogen (secondary N) is 3. The fraction of sp³-hybridized carbons (Fsp3) is 0.333. The predicted molar refractivity (Wildman–Crippen MR) is 103 cm³/mol. The van der Waals surface area contributed by atoms with Gasteiger partial charge in [0, 0.05) is 24.7 Å². The van der Waals surface area contributed by atoms with Crippen molar-refractivity contribution < 1.29 is 9.59 Å². The number of thiophene rings is 1. The van der Waals surface area contributed by atoms with E-state index in [2.05, 4.69) is 16.0 Å². The van der Waals surface area contributed by atoms with Crippen LogP contribution in [0.2, 0.25) is 0 Å². The van der Waals surface area contributed by atoms with Crippen LogP contribution in [-0.2, 0) is 6.54 Å². The normalized spacial score (nSPS) is 16.1. The molecule has 134 valence electrons. The van der Waals surface area contributed by atoms with Gasteiger partial charge < -0.3 is 16.0 Å². The van der Waals surface area contributed by atoms with E-state index in [-0.39, 0.29) is 24.2 Å². The SMILES string of the molecule is Cl.O=C(NCC1CCCN1)c1ccc(CNC(=O)c2cccs2)cc1. The lowest BCUT2D eigenvalue weighted by Gasteiger charge is -2.11. The second kappa shape index (κ2) is 9.56. The van der Waals surface area contributed by atoms with Crippen molar-refractivity contribution in [1.29, 1.82) is 0 Å². The van der Waals surface area contributed by atoms with Gasteiger partial charge >= 0.3 is 0 Å². The van der Waals surface area contributed by atoms with Gasteiger partial charge in [0.25, 0.3) is 11.8 Å². The molecule has 25 heavy (non-hydrogen) atoms. The molecule has 1 aromatic carbocycles. The van der Waals surface area contributed by atoms with E-state index < -0.39 is 0 Å². The Bertz CT molecular complexity index is 683. The molecule has 7 heteroatoms. The average Bonchev–Trinajstić information content (AvgIpc) is 3.31. The van der Waals surface area contributed by atoms with Crippen LogP contribution in [0.4, 0.5) is 0 Å². The largest absolute Gasteiger partial charge is 0.350 e. The minimum Gasteiger partial charge on any atom is -0.350 e. The van der Waals surface area contributed by atoms with Gasteiger partial charge in [0.05, 0.1) is 4.88 Å². The molecule has 3 rings (SSSR count).